The number of morpholine rings is 1. The second-order valence-corrected chi connectivity index (χ2v) is 7.65. The Morgan fingerprint density at radius 1 is 1.20 bits per heavy atom. The minimum Gasteiger partial charge on any atom is -0.446 e. The highest BCUT2D eigenvalue weighted by Gasteiger charge is 2.35. The summed E-state index contributed by atoms with van der Waals surface area (Å²) in [6, 6.07) is 6.82. The Morgan fingerprint density at radius 3 is 2.60 bits per heavy atom. The summed E-state index contributed by atoms with van der Waals surface area (Å²) in [5.74, 6) is -0.208. The zero-order chi connectivity index (χ0) is 21.1. The Balaban J connectivity index is 1.40. The fourth-order valence-electron chi connectivity index (χ4n) is 3.83. The van der Waals surface area contributed by atoms with E-state index in [-0.39, 0.29) is 17.5 Å². The van der Waals surface area contributed by atoms with Crippen molar-refractivity contribution in [1.82, 2.24) is 9.88 Å². The third-order valence-electron chi connectivity index (χ3n) is 5.46. The molecule has 2 aromatic rings. The van der Waals surface area contributed by atoms with Crippen molar-refractivity contribution in [2.24, 2.45) is 5.73 Å². The Hall–Kier alpha value is -2.91. The molecule has 4 rings (SSSR count). The summed E-state index contributed by atoms with van der Waals surface area (Å²) in [7, 11) is 0. The van der Waals surface area contributed by atoms with Crippen molar-refractivity contribution in [3.8, 4) is 0 Å². The van der Waals surface area contributed by atoms with Gasteiger partial charge < -0.3 is 30.0 Å². The van der Waals surface area contributed by atoms with Gasteiger partial charge in [-0.15, -0.1) is 0 Å². The summed E-state index contributed by atoms with van der Waals surface area (Å²) >= 11 is 0. The molecule has 0 spiro atoms. The number of amides is 2. The molecule has 9 nitrogen and oxygen atoms in total. The van der Waals surface area contributed by atoms with Crippen LogP contribution in [0.1, 0.15) is 42.2 Å². The number of likely N-dealkylation sites (tertiary alicyclic amines) is 1. The topological polar surface area (TPSA) is 114 Å². The van der Waals surface area contributed by atoms with E-state index in [1.807, 2.05) is 24.3 Å². The molecule has 2 aliphatic heterocycles. The molecule has 0 saturated carbocycles. The molecule has 0 bridgehead atoms. The predicted molar refractivity (Wildman–Crippen MR) is 111 cm³/mol. The lowest BCUT2D eigenvalue weighted by atomic mass is 10.2. The Bertz CT molecular complexity index is 889. The van der Waals surface area contributed by atoms with Gasteiger partial charge in [-0.1, -0.05) is 0 Å². The van der Waals surface area contributed by atoms with E-state index in [2.05, 4.69) is 15.2 Å². The molecule has 2 fully saturated rings. The summed E-state index contributed by atoms with van der Waals surface area (Å²) in [6.07, 6.45) is 2.68. The van der Waals surface area contributed by atoms with E-state index in [0.29, 0.717) is 24.5 Å². The number of nitrogens with one attached hydrogen (secondary N) is 1. The van der Waals surface area contributed by atoms with Gasteiger partial charge in [0.05, 0.1) is 19.3 Å². The monoisotopic (exact) mass is 413 g/mol. The van der Waals surface area contributed by atoms with Gasteiger partial charge in [0.2, 0.25) is 11.8 Å². The number of carbonyl (C=O) groups excluding carboxylic acids is 2. The number of carbonyl (C=O) groups is 2. The van der Waals surface area contributed by atoms with E-state index in [9.17, 15) is 9.59 Å². The standard InChI is InChI=1S/C21H27N5O4/c1-14(22)20-24-17(13-30-20)21(28)26-8-2-3-18(26)19(27)23-15-4-6-16(7-5-15)25-9-11-29-12-10-25/h4-7,13-14,18H,2-3,8-12,22H2,1H3,(H,23,27)/t14-,18+/m0/s1. The van der Waals surface area contributed by atoms with Gasteiger partial charge in [0.1, 0.15) is 12.3 Å². The Kier molecular flexibility index (Phi) is 6.01. The van der Waals surface area contributed by atoms with Crippen LogP contribution in [0.3, 0.4) is 0 Å². The molecule has 3 N–H and O–H groups in total. The fourth-order valence-corrected chi connectivity index (χ4v) is 3.83. The zero-order valence-electron chi connectivity index (χ0n) is 17.0. The molecule has 2 atom stereocenters. The second kappa shape index (κ2) is 8.85. The Labute approximate surface area is 175 Å². The van der Waals surface area contributed by atoms with Crippen molar-refractivity contribution in [3.05, 3.63) is 42.1 Å². The number of ether oxygens (including phenoxy) is 1. The van der Waals surface area contributed by atoms with Crippen molar-refractivity contribution >= 4 is 23.2 Å². The van der Waals surface area contributed by atoms with Gasteiger partial charge in [-0.3, -0.25) is 9.59 Å². The van der Waals surface area contributed by atoms with Crippen molar-refractivity contribution in [2.45, 2.75) is 31.8 Å². The van der Waals surface area contributed by atoms with Gasteiger partial charge in [0, 0.05) is 31.0 Å². The van der Waals surface area contributed by atoms with Crippen LogP contribution in [0.5, 0.6) is 0 Å². The van der Waals surface area contributed by atoms with Crippen LogP contribution in [-0.4, -0.2) is 60.6 Å². The highest BCUT2D eigenvalue weighted by molar-refractivity contribution is 6.00. The molecular weight excluding hydrogens is 386 g/mol. The molecule has 160 valence electrons. The van der Waals surface area contributed by atoms with Crippen LogP contribution < -0.4 is 16.0 Å². The molecule has 2 amide bonds. The van der Waals surface area contributed by atoms with Gasteiger partial charge in [-0.05, 0) is 44.0 Å². The van der Waals surface area contributed by atoms with Crippen molar-refractivity contribution in [1.29, 1.82) is 0 Å². The largest absolute Gasteiger partial charge is 0.446 e. The molecule has 1 aromatic carbocycles. The summed E-state index contributed by atoms with van der Waals surface area (Å²) in [5.41, 5.74) is 7.73. The van der Waals surface area contributed by atoms with Crippen LogP contribution in [0.2, 0.25) is 0 Å². The number of rotatable bonds is 5. The first-order valence-corrected chi connectivity index (χ1v) is 10.3. The number of nitrogens with two attached hydrogens (primary N) is 1. The van der Waals surface area contributed by atoms with Crippen LogP contribution in [-0.2, 0) is 9.53 Å². The highest BCUT2D eigenvalue weighted by atomic mass is 16.5. The average Bonchev–Trinajstić information content (AvgIpc) is 3.45. The smallest absolute Gasteiger partial charge is 0.276 e. The maximum absolute atomic E-state index is 12.9. The van der Waals surface area contributed by atoms with Crippen molar-refractivity contribution in [2.75, 3.05) is 43.1 Å². The lowest BCUT2D eigenvalue weighted by Gasteiger charge is -2.29. The van der Waals surface area contributed by atoms with Gasteiger partial charge in [0.25, 0.3) is 5.91 Å². The maximum atomic E-state index is 12.9. The molecule has 0 unspecified atom stereocenters. The molecule has 0 radical (unpaired) electrons. The minimum atomic E-state index is -0.535. The van der Waals surface area contributed by atoms with Crippen LogP contribution in [0.15, 0.2) is 34.9 Å². The second-order valence-electron chi connectivity index (χ2n) is 7.65. The summed E-state index contributed by atoms with van der Waals surface area (Å²) in [6.45, 7) is 5.40. The predicted octanol–water partition coefficient (Wildman–Crippen LogP) is 1.77. The normalized spacial score (nSPS) is 20.3. The van der Waals surface area contributed by atoms with E-state index >= 15 is 0 Å². The first-order chi connectivity index (χ1) is 14.5. The first kappa shape index (κ1) is 20.4. The number of hydrogen-bond acceptors (Lipinski definition) is 7. The summed E-state index contributed by atoms with van der Waals surface area (Å²) < 4.78 is 10.6. The Morgan fingerprint density at radius 2 is 1.93 bits per heavy atom. The van der Waals surface area contributed by atoms with Gasteiger partial charge >= 0.3 is 0 Å². The first-order valence-electron chi connectivity index (χ1n) is 10.3. The molecule has 2 saturated heterocycles. The van der Waals surface area contributed by atoms with Crippen LogP contribution in [0.25, 0.3) is 0 Å². The van der Waals surface area contributed by atoms with Crippen LogP contribution >= 0.6 is 0 Å². The van der Waals surface area contributed by atoms with Gasteiger partial charge in [-0.2, -0.15) is 0 Å². The summed E-state index contributed by atoms with van der Waals surface area (Å²) in [4.78, 5) is 33.7. The quantitative estimate of drug-likeness (QED) is 0.768. The maximum Gasteiger partial charge on any atom is 0.276 e. The van der Waals surface area contributed by atoms with E-state index in [4.69, 9.17) is 14.9 Å². The van der Waals surface area contributed by atoms with E-state index < -0.39 is 12.1 Å². The molecule has 9 heteroatoms. The number of hydrogen-bond donors (Lipinski definition) is 2. The zero-order valence-corrected chi connectivity index (χ0v) is 17.0. The van der Waals surface area contributed by atoms with E-state index in [1.54, 1.807) is 11.8 Å². The average molecular weight is 413 g/mol. The van der Waals surface area contributed by atoms with Gasteiger partial charge in [-0.25, -0.2) is 4.98 Å². The highest BCUT2D eigenvalue weighted by Crippen LogP contribution is 2.24. The molecule has 2 aliphatic rings. The third-order valence-corrected chi connectivity index (χ3v) is 5.46. The molecule has 30 heavy (non-hydrogen) atoms. The number of oxazole rings is 1. The lowest BCUT2D eigenvalue weighted by Crippen LogP contribution is -2.43. The van der Waals surface area contributed by atoms with Crippen molar-refractivity contribution < 1.29 is 18.7 Å². The number of nitrogens with zero attached hydrogens (tertiary/aromatic N) is 3. The number of anilines is 2. The molecular formula is C21H27N5O4. The third kappa shape index (κ3) is 4.31. The van der Waals surface area contributed by atoms with Crippen LogP contribution in [0, 0.1) is 0 Å². The summed E-state index contributed by atoms with van der Waals surface area (Å²) in [5, 5.41) is 2.93. The molecule has 3 heterocycles. The van der Waals surface area contributed by atoms with E-state index in [1.165, 1.54) is 6.26 Å². The van der Waals surface area contributed by atoms with Crippen molar-refractivity contribution in [3.63, 3.8) is 0 Å². The molecule has 0 aliphatic carbocycles. The van der Waals surface area contributed by atoms with Crippen LogP contribution in [0.4, 0.5) is 11.4 Å². The number of aromatic nitrogens is 1. The number of benzene rings is 1. The lowest BCUT2D eigenvalue weighted by molar-refractivity contribution is -0.119. The van der Waals surface area contributed by atoms with E-state index in [0.717, 1.165) is 38.4 Å². The minimum absolute atomic E-state index is 0.178. The molecule has 1 aromatic heterocycles. The van der Waals surface area contributed by atoms with Gasteiger partial charge in [0.15, 0.2) is 5.69 Å². The SMILES string of the molecule is C[C@H](N)c1nc(C(=O)N2CCC[C@@H]2C(=O)Nc2ccc(N3CCOCC3)cc2)co1. The fraction of sp³-hybridized carbons (Fsp3) is 0.476.